The van der Waals surface area contributed by atoms with Crippen molar-refractivity contribution in [1.82, 2.24) is 10.3 Å². The zero-order chi connectivity index (χ0) is 17.7. The van der Waals surface area contributed by atoms with E-state index < -0.39 is 26.8 Å². The molecule has 0 fully saturated rings. The van der Waals surface area contributed by atoms with E-state index in [1.807, 2.05) is 4.83 Å². The van der Waals surface area contributed by atoms with Crippen LogP contribution in [0.2, 0.25) is 0 Å². The van der Waals surface area contributed by atoms with Crippen LogP contribution in [0.5, 0.6) is 5.75 Å². The van der Waals surface area contributed by atoms with Gasteiger partial charge in [0.1, 0.15) is 10.6 Å². The molecular weight excluding hydrogens is 336 g/mol. The summed E-state index contributed by atoms with van der Waals surface area (Å²) in [5.41, 5.74) is 2.08. The number of hydrazine groups is 1. The van der Waals surface area contributed by atoms with Crippen LogP contribution in [-0.2, 0) is 10.0 Å². The van der Waals surface area contributed by atoms with Gasteiger partial charge >= 0.3 is 5.97 Å². The Kier molecular flexibility index (Phi) is 5.17. The van der Waals surface area contributed by atoms with Crippen LogP contribution in [0.3, 0.4) is 0 Å². The first-order chi connectivity index (χ1) is 11.3. The van der Waals surface area contributed by atoms with Crippen LogP contribution in [0.15, 0.2) is 53.4 Å². The second-order valence-electron chi connectivity index (χ2n) is 4.60. The number of nitrogens with one attached hydrogen (secondary N) is 2. The van der Waals surface area contributed by atoms with Crippen molar-refractivity contribution in [3.8, 4) is 5.75 Å². The van der Waals surface area contributed by atoms with Gasteiger partial charge in [0.25, 0.3) is 15.9 Å². The first-order valence-corrected chi connectivity index (χ1v) is 8.12. The Bertz CT molecular complexity index is 865. The van der Waals surface area contributed by atoms with Crippen LogP contribution in [0.1, 0.15) is 20.7 Å². The van der Waals surface area contributed by atoms with Gasteiger partial charge in [0.15, 0.2) is 0 Å². The molecule has 0 aliphatic heterocycles. The molecule has 2 rings (SSSR count). The van der Waals surface area contributed by atoms with Crippen LogP contribution in [-0.4, -0.2) is 32.5 Å². The lowest BCUT2D eigenvalue weighted by molar-refractivity contribution is 0.0696. The quantitative estimate of drug-likeness (QED) is 0.669. The summed E-state index contributed by atoms with van der Waals surface area (Å²) in [7, 11) is -2.99. The molecule has 0 bridgehead atoms. The maximum Gasteiger partial charge on any atom is 0.335 e. The van der Waals surface area contributed by atoms with E-state index in [-0.39, 0.29) is 16.9 Å². The van der Waals surface area contributed by atoms with Crippen LogP contribution in [0.25, 0.3) is 0 Å². The van der Waals surface area contributed by atoms with Crippen molar-refractivity contribution in [1.29, 1.82) is 0 Å². The molecule has 0 aliphatic carbocycles. The van der Waals surface area contributed by atoms with Gasteiger partial charge in [0.05, 0.1) is 12.7 Å². The number of hydrogen-bond acceptors (Lipinski definition) is 5. The van der Waals surface area contributed by atoms with Gasteiger partial charge in [-0.2, -0.15) is 0 Å². The van der Waals surface area contributed by atoms with Gasteiger partial charge < -0.3 is 9.84 Å². The van der Waals surface area contributed by atoms with E-state index in [0.717, 1.165) is 6.07 Å². The summed E-state index contributed by atoms with van der Waals surface area (Å²) in [6, 6.07) is 11.4. The van der Waals surface area contributed by atoms with Crippen LogP contribution in [0.4, 0.5) is 0 Å². The largest absolute Gasteiger partial charge is 0.495 e. The predicted molar refractivity (Wildman–Crippen MR) is 84.2 cm³/mol. The number of benzene rings is 2. The zero-order valence-corrected chi connectivity index (χ0v) is 13.3. The maximum atomic E-state index is 12.3. The van der Waals surface area contributed by atoms with Crippen molar-refractivity contribution >= 4 is 21.9 Å². The Morgan fingerprint density at radius 2 is 1.71 bits per heavy atom. The lowest BCUT2D eigenvalue weighted by Gasteiger charge is -2.12. The highest BCUT2D eigenvalue weighted by Gasteiger charge is 2.22. The highest BCUT2D eigenvalue weighted by atomic mass is 32.2. The van der Waals surface area contributed by atoms with E-state index in [1.165, 1.54) is 31.4 Å². The fraction of sp³-hybridized carbons (Fsp3) is 0.0667. The summed E-state index contributed by atoms with van der Waals surface area (Å²) in [5, 5.41) is 8.98. The summed E-state index contributed by atoms with van der Waals surface area (Å²) < 4.78 is 29.6. The summed E-state index contributed by atoms with van der Waals surface area (Å²) >= 11 is 0. The molecular formula is C15H14N2O6S. The minimum absolute atomic E-state index is 0.0542. The van der Waals surface area contributed by atoms with Gasteiger partial charge in [-0.15, -0.1) is 4.83 Å². The molecule has 0 radical (unpaired) electrons. The molecule has 1 amide bonds. The predicted octanol–water partition coefficient (Wildman–Crippen LogP) is 1.02. The fourth-order valence-electron chi connectivity index (χ4n) is 1.85. The summed E-state index contributed by atoms with van der Waals surface area (Å²) in [6.07, 6.45) is 0. The second-order valence-corrected chi connectivity index (χ2v) is 6.25. The normalized spacial score (nSPS) is 10.9. The standard InChI is InChI=1S/C15H14N2O6S/c1-23-12-8-7-11(15(19)20)9-13(12)24(21,22)17-16-14(18)10-5-3-2-4-6-10/h2-9,17H,1H3,(H,16,18)(H,19,20). The molecule has 0 atom stereocenters. The highest BCUT2D eigenvalue weighted by molar-refractivity contribution is 7.89. The zero-order valence-electron chi connectivity index (χ0n) is 12.5. The number of amides is 1. The highest BCUT2D eigenvalue weighted by Crippen LogP contribution is 2.24. The van der Waals surface area contributed by atoms with Crippen LogP contribution in [0, 0.1) is 0 Å². The average molecular weight is 350 g/mol. The molecule has 0 saturated heterocycles. The lowest BCUT2D eigenvalue weighted by atomic mass is 10.2. The molecule has 0 saturated carbocycles. The number of carbonyl (C=O) groups is 2. The fourth-order valence-corrected chi connectivity index (χ4v) is 2.89. The maximum absolute atomic E-state index is 12.3. The topological polar surface area (TPSA) is 122 Å². The Morgan fingerprint density at radius 1 is 1.04 bits per heavy atom. The van der Waals surface area contributed by atoms with Crippen molar-refractivity contribution < 1.29 is 27.9 Å². The van der Waals surface area contributed by atoms with Gasteiger partial charge in [0.2, 0.25) is 0 Å². The number of aromatic carboxylic acids is 1. The summed E-state index contributed by atoms with van der Waals surface area (Å²) in [5.74, 6) is -2.00. The molecule has 126 valence electrons. The Labute approximate surface area is 138 Å². The van der Waals surface area contributed by atoms with Crippen molar-refractivity contribution in [2.45, 2.75) is 4.90 Å². The number of rotatable bonds is 6. The molecule has 2 aromatic rings. The molecule has 0 heterocycles. The number of sulfonamides is 1. The Hall–Kier alpha value is -2.91. The summed E-state index contributed by atoms with van der Waals surface area (Å²) in [4.78, 5) is 24.4. The molecule has 24 heavy (non-hydrogen) atoms. The van der Waals surface area contributed by atoms with E-state index >= 15 is 0 Å². The number of carbonyl (C=O) groups excluding carboxylic acids is 1. The first kappa shape index (κ1) is 17.4. The Balaban J connectivity index is 2.25. The minimum Gasteiger partial charge on any atom is -0.495 e. The van der Waals surface area contributed by atoms with E-state index in [2.05, 4.69) is 5.43 Å². The van der Waals surface area contributed by atoms with Crippen molar-refractivity contribution in [3.63, 3.8) is 0 Å². The first-order valence-electron chi connectivity index (χ1n) is 6.63. The molecule has 0 aliphatic rings. The van der Waals surface area contributed by atoms with E-state index in [4.69, 9.17) is 9.84 Å². The third kappa shape index (κ3) is 3.89. The molecule has 8 nitrogen and oxygen atoms in total. The van der Waals surface area contributed by atoms with E-state index in [1.54, 1.807) is 18.2 Å². The lowest BCUT2D eigenvalue weighted by Crippen LogP contribution is -2.41. The number of hydrogen-bond donors (Lipinski definition) is 3. The molecule has 0 spiro atoms. The van der Waals surface area contributed by atoms with E-state index in [9.17, 15) is 18.0 Å². The molecule has 0 unspecified atom stereocenters. The summed E-state index contributed by atoms with van der Waals surface area (Å²) in [6.45, 7) is 0. The molecule has 2 aromatic carbocycles. The van der Waals surface area contributed by atoms with Gasteiger partial charge in [-0.25, -0.2) is 13.2 Å². The second kappa shape index (κ2) is 7.11. The van der Waals surface area contributed by atoms with Crippen LogP contribution < -0.4 is 15.0 Å². The minimum atomic E-state index is -4.23. The number of carboxylic acid groups (broad SMARTS) is 1. The van der Waals surface area contributed by atoms with Crippen molar-refractivity contribution in [2.75, 3.05) is 7.11 Å². The third-order valence-corrected chi connectivity index (χ3v) is 4.30. The average Bonchev–Trinajstić information content (AvgIpc) is 2.59. The van der Waals surface area contributed by atoms with Gasteiger partial charge in [-0.1, -0.05) is 18.2 Å². The van der Waals surface area contributed by atoms with Gasteiger partial charge in [-0.05, 0) is 30.3 Å². The third-order valence-electron chi connectivity index (χ3n) is 3.03. The van der Waals surface area contributed by atoms with Crippen LogP contribution >= 0.6 is 0 Å². The molecule has 3 N–H and O–H groups in total. The molecule has 9 heteroatoms. The van der Waals surface area contributed by atoms with E-state index in [0.29, 0.717) is 0 Å². The molecule has 0 aromatic heterocycles. The number of ether oxygens (including phenoxy) is 1. The number of carboxylic acids is 1. The van der Waals surface area contributed by atoms with Crippen molar-refractivity contribution in [3.05, 3.63) is 59.7 Å². The monoisotopic (exact) mass is 350 g/mol. The van der Waals surface area contributed by atoms with Gasteiger partial charge in [0, 0.05) is 5.56 Å². The SMILES string of the molecule is COc1ccc(C(=O)O)cc1S(=O)(=O)NNC(=O)c1ccccc1. The smallest absolute Gasteiger partial charge is 0.335 e. The van der Waals surface area contributed by atoms with Crippen molar-refractivity contribution in [2.24, 2.45) is 0 Å². The van der Waals surface area contributed by atoms with Gasteiger partial charge in [-0.3, -0.25) is 10.2 Å². The number of methoxy groups -OCH3 is 1. The Morgan fingerprint density at radius 3 is 2.29 bits per heavy atom.